The van der Waals surface area contributed by atoms with Crippen LogP contribution >= 0.6 is 0 Å². The molecule has 2 bridgehead atoms. The Labute approximate surface area is 227 Å². The van der Waals surface area contributed by atoms with Gasteiger partial charge in [-0.05, 0) is 44.4 Å². The van der Waals surface area contributed by atoms with E-state index in [0.29, 0.717) is 19.4 Å². The quantitative estimate of drug-likeness (QED) is 0.325. The lowest BCUT2D eigenvalue weighted by Crippen LogP contribution is -2.60. The minimum atomic E-state index is -1.15. The van der Waals surface area contributed by atoms with Crippen molar-refractivity contribution in [3.63, 3.8) is 0 Å². The van der Waals surface area contributed by atoms with Gasteiger partial charge in [-0.25, -0.2) is 0 Å². The zero-order chi connectivity index (χ0) is 27.8. The molecule has 0 aromatic rings. The van der Waals surface area contributed by atoms with Crippen LogP contribution in [-0.2, 0) is 23.9 Å². The first-order chi connectivity index (χ1) is 18.1. The Kier molecular flexibility index (Phi) is 8.43. The maximum absolute atomic E-state index is 14.7. The van der Waals surface area contributed by atoms with Gasteiger partial charge in [0.05, 0.1) is 24.2 Å². The third-order valence-electron chi connectivity index (χ3n) is 9.56. The zero-order valence-corrected chi connectivity index (χ0v) is 23.6. The number of rotatable bonds is 11. The van der Waals surface area contributed by atoms with E-state index in [1.54, 1.807) is 11.0 Å². The second kappa shape index (κ2) is 11.1. The lowest BCUT2D eigenvalue weighted by atomic mass is 9.62. The molecule has 212 valence electrons. The SMILES string of the molecule is C=CCOC(=O)[C@H]1[C@H]2C(=O)N([C@@H](CO)CC(C)C)C(C(=O)N(CC=C)C3CCCCC3)C23CC(C)[C@]1(C)O3. The molecule has 4 aliphatic rings. The number of carbonyl (C=O) groups excluding carboxylic acids is 3. The molecule has 0 aromatic carbocycles. The maximum Gasteiger partial charge on any atom is 0.313 e. The molecule has 0 radical (unpaired) electrons. The summed E-state index contributed by atoms with van der Waals surface area (Å²) in [5.41, 5.74) is -2.08. The molecule has 4 fully saturated rings. The van der Waals surface area contributed by atoms with Crippen molar-refractivity contribution in [3.05, 3.63) is 25.3 Å². The van der Waals surface area contributed by atoms with Crippen molar-refractivity contribution in [2.75, 3.05) is 19.8 Å². The first kappa shape index (κ1) is 28.8. The first-order valence-electron chi connectivity index (χ1n) is 14.4. The van der Waals surface area contributed by atoms with Gasteiger partial charge in [0.15, 0.2) is 0 Å². The minimum absolute atomic E-state index is 0.0428. The van der Waals surface area contributed by atoms with Gasteiger partial charge in [-0.1, -0.05) is 58.8 Å². The number of carbonyl (C=O) groups is 3. The van der Waals surface area contributed by atoms with E-state index in [1.165, 1.54) is 6.08 Å². The van der Waals surface area contributed by atoms with Crippen molar-refractivity contribution in [2.45, 2.75) is 102 Å². The average molecular weight is 531 g/mol. The smallest absolute Gasteiger partial charge is 0.313 e. The van der Waals surface area contributed by atoms with Crippen LogP contribution in [-0.4, -0.2) is 81.8 Å². The number of likely N-dealkylation sites (tertiary alicyclic amines) is 1. The van der Waals surface area contributed by atoms with Gasteiger partial charge in [-0.3, -0.25) is 14.4 Å². The molecule has 3 unspecified atom stereocenters. The molecule has 1 aliphatic carbocycles. The van der Waals surface area contributed by atoms with Gasteiger partial charge in [0, 0.05) is 12.6 Å². The van der Waals surface area contributed by atoms with Crippen LogP contribution in [0.5, 0.6) is 0 Å². The number of esters is 1. The van der Waals surface area contributed by atoms with Crippen molar-refractivity contribution < 1.29 is 29.0 Å². The fourth-order valence-electron chi connectivity index (χ4n) is 7.87. The van der Waals surface area contributed by atoms with E-state index < -0.39 is 41.1 Å². The molecule has 8 heteroatoms. The maximum atomic E-state index is 14.7. The minimum Gasteiger partial charge on any atom is -0.461 e. The van der Waals surface area contributed by atoms with Crippen LogP contribution in [0, 0.1) is 23.7 Å². The van der Waals surface area contributed by atoms with Gasteiger partial charge in [0.1, 0.15) is 24.2 Å². The second-order valence-electron chi connectivity index (χ2n) is 12.4. The molecule has 3 aliphatic heterocycles. The van der Waals surface area contributed by atoms with Crippen molar-refractivity contribution in [1.82, 2.24) is 9.80 Å². The molecule has 2 amide bonds. The van der Waals surface area contributed by atoms with Gasteiger partial charge in [-0.2, -0.15) is 0 Å². The highest BCUT2D eigenvalue weighted by molar-refractivity contribution is 5.99. The average Bonchev–Trinajstić information content (AvgIpc) is 3.41. The largest absolute Gasteiger partial charge is 0.461 e. The van der Waals surface area contributed by atoms with Crippen LogP contribution in [0.15, 0.2) is 25.3 Å². The molecule has 7 atom stereocenters. The summed E-state index contributed by atoms with van der Waals surface area (Å²) in [7, 11) is 0. The third kappa shape index (κ3) is 4.51. The highest BCUT2D eigenvalue weighted by atomic mass is 16.6. The van der Waals surface area contributed by atoms with E-state index in [9.17, 15) is 19.5 Å². The lowest BCUT2D eigenvalue weighted by Gasteiger charge is -2.42. The number of hydrogen-bond acceptors (Lipinski definition) is 6. The van der Waals surface area contributed by atoms with Gasteiger partial charge < -0.3 is 24.4 Å². The predicted octanol–water partition coefficient (Wildman–Crippen LogP) is 3.48. The predicted molar refractivity (Wildman–Crippen MR) is 144 cm³/mol. The second-order valence-corrected chi connectivity index (χ2v) is 12.4. The van der Waals surface area contributed by atoms with Crippen molar-refractivity contribution in [2.24, 2.45) is 23.7 Å². The highest BCUT2D eigenvalue weighted by Gasteiger charge is 2.80. The molecule has 1 saturated carbocycles. The van der Waals surface area contributed by atoms with Gasteiger partial charge in [0.25, 0.3) is 0 Å². The Balaban J connectivity index is 1.82. The Bertz CT molecular complexity index is 945. The monoisotopic (exact) mass is 530 g/mol. The number of hydrogen-bond donors (Lipinski definition) is 1. The molecule has 38 heavy (non-hydrogen) atoms. The summed E-state index contributed by atoms with van der Waals surface area (Å²) >= 11 is 0. The molecular weight excluding hydrogens is 484 g/mol. The number of amides is 2. The summed E-state index contributed by atoms with van der Waals surface area (Å²) < 4.78 is 12.3. The van der Waals surface area contributed by atoms with Crippen LogP contribution in [0.3, 0.4) is 0 Å². The van der Waals surface area contributed by atoms with Gasteiger partial charge >= 0.3 is 5.97 Å². The summed E-state index contributed by atoms with van der Waals surface area (Å²) in [6.07, 6.45) is 9.38. The Morgan fingerprint density at radius 2 is 1.92 bits per heavy atom. The van der Waals surface area contributed by atoms with E-state index >= 15 is 0 Å². The van der Waals surface area contributed by atoms with Crippen molar-refractivity contribution in [1.29, 1.82) is 0 Å². The van der Waals surface area contributed by atoms with Crippen LogP contribution in [0.4, 0.5) is 0 Å². The summed E-state index contributed by atoms with van der Waals surface area (Å²) in [6.45, 7) is 15.7. The zero-order valence-electron chi connectivity index (χ0n) is 23.6. The molecule has 1 spiro atoms. The van der Waals surface area contributed by atoms with Crippen LogP contribution in [0.1, 0.15) is 72.6 Å². The molecule has 0 aromatic heterocycles. The molecule has 1 N–H and O–H groups in total. The molecule has 3 heterocycles. The molecular formula is C30H46N2O6. The van der Waals surface area contributed by atoms with E-state index in [-0.39, 0.29) is 42.9 Å². The number of fused-ring (bicyclic) bond motifs is 1. The summed E-state index contributed by atoms with van der Waals surface area (Å²) in [5, 5.41) is 10.5. The van der Waals surface area contributed by atoms with Crippen LogP contribution in [0.2, 0.25) is 0 Å². The Hall–Kier alpha value is -2.19. The molecule has 3 saturated heterocycles. The fourth-order valence-corrected chi connectivity index (χ4v) is 7.87. The van der Waals surface area contributed by atoms with Crippen LogP contribution in [0.25, 0.3) is 0 Å². The van der Waals surface area contributed by atoms with Gasteiger partial charge in [-0.15, -0.1) is 6.58 Å². The van der Waals surface area contributed by atoms with E-state index in [0.717, 1.165) is 32.1 Å². The summed E-state index contributed by atoms with van der Waals surface area (Å²) in [4.78, 5) is 46.0. The number of aliphatic hydroxyl groups is 1. The molecule has 4 rings (SSSR count). The number of nitrogens with zero attached hydrogens (tertiary/aromatic N) is 2. The van der Waals surface area contributed by atoms with E-state index in [1.807, 2.05) is 32.6 Å². The Morgan fingerprint density at radius 3 is 2.50 bits per heavy atom. The number of aliphatic hydroxyl groups excluding tert-OH is 1. The Morgan fingerprint density at radius 1 is 1.24 bits per heavy atom. The normalized spacial score (nSPS) is 35.3. The lowest BCUT2D eigenvalue weighted by molar-refractivity contribution is -0.163. The van der Waals surface area contributed by atoms with Crippen molar-refractivity contribution in [3.8, 4) is 0 Å². The standard InChI is InChI=1S/C30H46N2O6/c1-7-14-31(21-12-10-9-11-13-21)27(35)25-30-17-20(5)29(6,38-30)24(28(36)37-15-8-2)23(30)26(34)32(25)22(18-33)16-19(3)4/h7-8,19-25,33H,1-2,9-18H2,3-6H3/t20?,22-,23+,24-,25?,29+,30?/m1/s1. The van der Waals surface area contributed by atoms with E-state index in [4.69, 9.17) is 9.47 Å². The van der Waals surface area contributed by atoms with Crippen LogP contribution < -0.4 is 0 Å². The van der Waals surface area contributed by atoms with Crippen molar-refractivity contribution >= 4 is 17.8 Å². The fraction of sp³-hybridized carbons (Fsp3) is 0.767. The first-order valence-corrected chi connectivity index (χ1v) is 14.4. The molecule has 8 nitrogen and oxygen atoms in total. The summed E-state index contributed by atoms with van der Waals surface area (Å²) in [6, 6.07) is -1.40. The topological polar surface area (TPSA) is 96.4 Å². The number of ether oxygens (including phenoxy) is 2. The third-order valence-corrected chi connectivity index (χ3v) is 9.56. The van der Waals surface area contributed by atoms with Gasteiger partial charge in [0.2, 0.25) is 11.8 Å². The highest BCUT2D eigenvalue weighted by Crippen LogP contribution is 2.65. The van der Waals surface area contributed by atoms with E-state index in [2.05, 4.69) is 13.2 Å². The summed E-state index contributed by atoms with van der Waals surface area (Å²) in [5.74, 6) is -2.49.